The van der Waals surface area contributed by atoms with E-state index in [1.54, 1.807) is 0 Å². The predicted octanol–water partition coefficient (Wildman–Crippen LogP) is 6.22. The third kappa shape index (κ3) is 1.09. The first-order chi connectivity index (χ1) is 10.9. The minimum Gasteiger partial charge on any atom is -0.0616 e. The Bertz CT molecular complexity index is 1260. The summed E-state index contributed by atoms with van der Waals surface area (Å²) in [6.07, 6.45) is 4.55. The van der Waals surface area contributed by atoms with Crippen LogP contribution in [-0.4, -0.2) is 0 Å². The highest BCUT2D eigenvalue weighted by molar-refractivity contribution is 6.34. The molecule has 0 saturated heterocycles. The Morgan fingerprint density at radius 3 is 2.32 bits per heavy atom. The summed E-state index contributed by atoms with van der Waals surface area (Å²) in [7, 11) is 0. The van der Waals surface area contributed by atoms with Gasteiger partial charge in [-0.25, -0.2) is 0 Å². The van der Waals surface area contributed by atoms with Gasteiger partial charge >= 0.3 is 0 Å². The van der Waals surface area contributed by atoms with Crippen LogP contribution < -0.4 is 0 Å². The van der Waals surface area contributed by atoms with Gasteiger partial charge in [0.05, 0.1) is 0 Å². The Labute approximate surface area is 127 Å². The van der Waals surface area contributed by atoms with Crippen LogP contribution in [0.15, 0.2) is 60.7 Å². The van der Waals surface area contributed by atoms with Crippen molar-refractivity contribution >= 4 is 55.2 Å². The standard InChI is InChI=1S/C22H12/c1-2-7-17-16(6-1)18-11-9-15-12-14-5-3-4-13-8-10-19(17)22(20(13)14)21(15)18/h1-12H. The average Bonchev–Trinajstić information content (AvgIpc) is 3.00. The predicted molar refractivity (Wildman–Crippen MR) is 96.6 cm³/mol. The summed E-state index contributed by atoms with van der Waals surface area (Å²) in [6.45, 7) is 0. The van der Waals surface area contributed by atoms with E-state index in [0.717, 1.165) is 0 Å². The average molecular weight is 276 g/mol. The summed E-state index contributed by atoms with van der Waals surface area (Å²) in [4.78, 5) is 0. The Kier molecular flexibility index (Phi) is 1.71. The van der Waals surface area contributed by atoms with Gasteiger partial charge in [-0.15, -0.1) is 0 Å². The fourth-order valence-corrected chi connectivity index (χ4v) is 4.25. The Balaban J connectivity index is 2.12. The Hall–Kier alpha value is -2.86. The second kappa shape index (κ2) is 3.48. The summed E-state index contributed by atoms with van der Waals surface area (Å²) in [5.41, 5.74) is 2.74. The molecule has 0 heterocycles. The minimum atomic E-state index is 1.34. The van der Waals surface area contributed by atoms with Crippen molar-refractivity contribution in [1.82, 2.24) is 0 Å². The highest BCUT2D eigenvalue weighted by atomic mass is 14.2. The molecular weight excluding hydrogens is 264 g/mol. The normalized spacial score (nSPS) is 13.3. The largest absolute Gasteiger partial charge is 0.0616 e. The number of rotatable bonds is 0. The van der Waals surface area contributed by atoms with Gasteiger partial charge in [-0.05, 0) is 60.3 Å². The van der Waals surface area contributed by atoms with Gasteiger partial charge in [0.2, 0.25) is 0 Å². The molecule has 0 unspecified atom stereocenters. The quantitative estimate of drug-likeness (QED) is 0.228. The van der Waals surface area contributed by atoms with E-state index in [9.17, 15) is 0 Å². The first kappa shape index (κ1) is 10.8. The third-order valence-electron chi connectivity index (χ3n) is 5.13. The monoisotopic (exact) mass is 276 g/mol. The first-order valence-electron chi connectivity index (χ1n) is 7.72. The highest BCUT2D eigenvalue weighted by Crippen LogP contribution is 2.45. The van der Waals surface area contributed by atoms with Crippen molar-refractivity contribution in [2.45, 2.75) is 0 Å². The molecule has 0 spiro atoms. The molecule has 0 heteroatoms. The fraction of sp³-hybridized carbons (Fsp3) is 0. The molecule has 5 aromatic carbocycles. The van der Waals surface area contributed by atoms with Crippen molar-refractivity contribution in [3.05, 3.63) is 71.8 Å². The van der Waals surface area contributed by atoms with E-state index < -0.39 is 0 Å². The SMILES string of the molecule is C1=Cc2c3ccccc3c3ccc4cccc5cc1c2c3c45. The van der Waals surface area contributed by atoms with Gasteiger partial charge in [0.15, 0.2) is 0 Å². The molecule has 5 aromatic rings. The maximum absolute atomic E-state index is 2.34. The molecule has 0 atom stereocenters. The van der Waals surface area contributed by atoms with Crippen molar-refractivity contribution in [2.24, 2.45) is 0 Å². The molecule has 0 saturated carbocycles. The van der Waals surface area contributed by atoms with Crippen LogP contribution in [0.5, 0.6) is 0 Å². The van der Waals surface area contributed by atoms with Crippen LogP contribution >= 0.6 is 0 Å². The van der Waals surface area contributed by atoms with Gasteiger partial charge in [0.1, 0.15) is 0 Å². The Morgan fingerprint density at radius 1 is 0.500 bits per heavy atom. The minimum absolute atomic E-state index is 1.34. The second-order valence-corrected chi connectivity index (χ2v) is 6.20. The van der Waals surface area contributed by atoms with Gasteiger partial charge in [-0.3, -0.25) is 0 Å². The molecule has 100 valence electrons. The highest BCUT2D eigenvalue weighted by Gasteiger charge is 2.19. The van der Waals surface area contributed by atoms with Crippen LogP contribution in [-0.2, 0) is 0 Å². The molecule has 0 aromatic heterocycles. The van der Waals surface area contributed by atoms with E-state index in [2.05, 4.69) is 72.8 Å². The number of hydrogen-bond acceptors (Lipinski definition) is 0. The number of benzene rings is 5. The van der Waals surface area contributed by atoms with E-state index in [-0.39, 0.29) is 0 Å². The molecule has 0 fully saturated rings. The molecular formula is C22H12. The van der Waals surface area contributed by atoms with Gasteiger partial charge in [-0.2, -0.15) is 0 Å². The molecule has 0 radical (unpaired) electrons. The van der Waals surface area contributed by atoms with Crippen LogP contribution in [0.2, 0.25) is 0 Å². The number of fused-ring (bicyclic) bond motifs is 3. The van der Waals surface area contributed by atoms with Gasteiger partial charge in [0, 0.05) is 0 Å². The summed E-state index contributed by atoms with van der Waals surface area (Å²) in [5, 5.41) is 11.1. The summed E-state index contributed by atoms with van der Waals surface area (Å²) >= 11 is 0. The van der Waals surface area contributed by atoms with Crippen molar-refractivity contribution in [2.75, 3.05) is 0 Å². The van der Waals surface area contributed by atoms with Crippen molar-refractivity contribution in [1.29, 1.82) is 0 Å². The van der Waals surface area contributed by atoms with E-state index >= 15 is 0 Å². The first-order valence-corrected chi connectivity index (χ1v) is 7.72. The maximum atomic E-state index is 2.34. The maximum Gasteiger partial charge on any atom is -0.000829 e. The molecule has 0 nitrogen and oxygen atoms in total. The van der Waals surface area contributed by atoms with Crippen LogP contribution in [0, 0.1) is 0 Å². The molecule has 0 N–H and O–H groups in total. The summed E-state index contributed by atoms with van der Waals surface area (Å²) < 4.78 is 0. The van der Waals surface area contributed by atoms with Crippen molar-refractivity contribution in [3.63, 3.8) is 0 Å². The fourth-order valence-electron chi connectivity index (χ4n) is 4.25. The topological polar surface area (TPSA) is 0 Å². The van der Waals surface area contributed by atoms with Crippen LogP contribution in [0.4, 0.5) is 0 Å². The van der Waals surface area contributed by atoms with E-state index in [4.69, 9.17) is 0 Å². The molecule has 0 amide bonds. The molecule has 1 aliphatic carbocycles. The van der Waals surface area contributed by atoms with Crippen molar-refractivity contribution < 1.29 is 0 Å². The molecule has 6 rings (SSSR count). The summed E-state index contributed by atoms with van der Waals surface area (Å²) in [5.74, 6) is 0. The zero-order valence-electron chi connectivity index (χ0n) is 11.9. The lowest BCUT2D eigenvalue weighted by atomic mass is 9.88. The Morgan fingerprint density at radius 2 is 1.36 bits per heavy atom. The van der Waals surface area contributed by atoms with Crippen LogP contribution in [0.3, 0.4) is 0 Å². The lowest BCUT2D eigenvalue weighted by molar-refractivity contribution is 1.77. The van der Waals surface area contributed by atoms with Gasteiger partial charge in [0.25, 0.3) is 0 Å². The molecule has 1 aliphatic rings. The van der Waals surface area contributed by atoms with Crippen LogP contribution in [0.25, 0.3) is 55.2 Å². The van der Waals surface area contributed by atoms with E-state index in [0.29, 0.717) is 0 Å². The molecule has 0 bridgehead atoms. The number of hydrogen-bond donors (Lipinski definition) is 0. The second-order valence-electron chi connectivity index (χ2n) is 6.20. The van der Waals surface area contributed by atoms with Gasteiger partial charge < -0.3 is 0 Å². The van der Waals surface area contributed by atoms with Crippen molar-refractivity contribution in [3.8, 4) is 0 Å². The zero-order valence-corrected chi connectivity index (χ0v) is 11.9. The molecule has 0 aliphatic heterocycles. The lowest BCUT2D eigenvalue weighted by Crippen LogP contribution is -1.89. The van der Waals surface area contributed by atoms with E-state index in [1.807, 2.05) is 0 Å². The lowest BCUT2D eigenvalue weighted by Gasteiger charge is -2.15. The third-order valence-corrected chi connectivity index (χ3v) is 5.13. The smallest absolute Gasteiger partial charge is 0.000829 e. The van der Waals surface area contributed by atoms with E-state index in [1.165, 1.54) is 54.2 Å². The zero-order chi connectivity index (χ0) is 14.3. The molecule has 22 heavy (non-hydrogen) atoms. The summed E-state index contributed by atoms with van der Waals surface area (Å²) in [6, 6.07) is 22.3. The van der Waals surface area contributed by atoms with Crippen LogP contribution in [0.1, 0.15) is 11.1 Å². The van der Waals surface area contributed by atoms with Gasteiger partial charge in [-0.1, -0.05) is 66.7 Å².